The van der Waals surface area contributed by atoms with Crippen molar-refractivity contribution in [2.75, 3.05) is 13.1 Å². The lowest BCUT2D eigenvalue weighted by Gasteiger charge is -2.29. The maximum atomic E-state index is 13.7. The predicted molar refractivity (Wildman–Crippen MR) is 89.3 cm³/mol. The van der Waals surface area contributed by atoms with E-state index >= 15 is 0 Å². The van der Waals surface area contributed by atoms with E-state index in [0.717, 1.165) is 38.0 Å². The zero-order valence-electron chi connectivity index (χ0n) is 13.2. The van der Waals surface area contributed by atoms with Gasteiger partial charge in [0.25, 0.3) is 0 Å². The zero-order valence-corrected chi connectivity index (χ0v) is 13.2. The smallest absolute Gasteiger partial charge is 0.123 e. The largest absolute Gasteiger partial charge is 0.298 e. The normalized spacial score (nSPS) is 21.2. The van der Waals surface area contributed by atoms with Gasteiger partial charge in [-0.05, 0) is 42.6 Å². The Morgan fingerprint density at radius 2 is 1.96 bits per heavy atom. The molecule has 0 spiro atoms. The zero-order chi connectivity index (χ0) is 16.1. The quantitative estimate of drug-likeness (QED) is 0.824. The minimum Gasteiger partial charge on any atom is -0.298 e. The molecule has 1 saturated heterocycles. The molecule has 1 unspecified atom stereocenters. The molecule has 3 rings (SSSR count). The van der Waals surface area contributed by atoms with E-state index in [1.54, 1.807) is 12.1 Å². The first-order valence-corrected chi connectivity index (χ1v) is 8.11. The van der Waals surface area contributed by atoms with Gasteiger partial charge in [0.05, 0.1) is 6.07 Å². The molecule has 23 heavy (non-hydrogen) atoms. The maximum Gasteiger partial charge on any atom is 0.123 e. The van der Waals surface area contributed by atoms with Crippen LogP contribution in [0.2, 0.25) is 0 Å². The van der Waals surface area contributed by atoms with Crippen molar-refractivity contribution >= 4 is 0 Å². The lowest BCUT2D eigenvalue weighted by molar-refractivity contribution is 0.296. The Morgan fingerprint density at radius 1 is 1.13 bits per heavy atom. The highest BCUT2D eigenvalue weighted by Crippen LogP contribution is 2.39. The fourth-order valence-electron chi connectivity index (χ4n) is 3.63. The fraction of sp³-hybridized carbons (Fsp3) is 0.350. The molecule has 1 aliphatic heterocycles. The number of halogens is 1. The Hall–Kier alpha value is -2.18. The lowest BCUT2D eigenvalue weighted by atomic mass is 9.76. The van der Waals surface area contributed by atoms with E-state index in [0.29, 0.717) is 6.42 Å². The average molecular weight is 308 g/mol. The third-order valence-electron chi connectivity index (χ3n) is 4.83. The van der Waals surface area contributed by atoms with Crippen LogP contribution >= 0.6 is 0 Å². The Morgan fingerprint density at radius 3 is 2.70 bits per heavy atom. The molecule has 0 aromatic heterocycles. The van der Waals surface area contributed by atoms with Crippen LogP contribution in [0.25, 0.3) is 0 Å². The molecule has 1 heterocycles. The number of benzene rings is 2. The van der Waals surface area contributed by atoms with Gasteiger partial charge in [-0.1, -0.05) is 42.5 Å². The van der Waals surface area contributed by atoms with E-state index in [1.807, 2.05) is 12.1 Å². The van der Waals surface area contributed by atoms with Gasteiger partial charge in [-0.2, -0.15) is 5.26 Å². The van der Waals surface area contributed by atoms with Crippen molar-refractivity contribution < 1.29 is 4.39 Å². The van der Waals surface area contributed by atoms with E-state index in [2.05, 4.69) is 35.2 Å². The van der Waals surface area contributed by atoms with E-state index in [-0.39, 0.29) is 11.2 Å². The Balaban J connectivity index is 1.80. The van der Waals surface area contributed by atoms with E-state index < -0.39 is 0 Å². The van der Waals surface area contributed by atoms with Gasteiger partial charge in [0, 0.05) is 24.9 Å². The predicted octanol–water partition coefficient (Wildman–Crippen LogP) is 4.27. The van der Waals surface area contributed by atoms with Crippen LogP contribution in [0.3, 0.4) is 0 Å². The first-order valence-electron chi connectivity index (χ1n) is 8.11. The summed E-state index contributed by atoms with van der Waals surface area (Å²) < 4.78 is 13.7. The molecule has 0 aliphatic carbocycles. The third-order valence-corrected chi connectivity index (χ3v) is 4.83. The van der Waals surface area contributed by atoms with Crippen LogP contribution in [0.4, 0.5) is 4.39 Å². The molecule has 1 atom stereocenters. The summed E-state index contributed by atoms with van der Waals surface area (Å²) in [5, 5.41) is 9.01. The molecule has 1 aliphatic rings. The van der Waals surface area contributed by atoms with Crippen molar-refractivity contribution in [1.29, 1.82) is 5.26 Å². The standard InChI is InChI=1S/C20H21FN2/c21-19-9-4-8-18(14-19)20(10-5-12-22)11-13-23(16-20)15-17-6-2-1-3-7-17/h1-4,6-9,14H,5,10-11,13,15-16H2. The molecule has 0 saturated carbocycles. The highest BCUT2D eigenvalue weighted by atomic mass is 19.1. The molecule has 0 radical (unpaired) electrons. The van der Waals surface area contributed by atoms with E-state index in [1.165, 1.54) is 11.6 Å². The topological polar surface area (TPSA) is 27.0 Å². The number of likely N-dealkylation sites (tertiary alicyclic amines) is 1. The summed E-state index contributed by atoms with van der Waals surface area (Å²) in [5.41, 5.74) is 2.22. The van der Waals surface area contributed by atoms with Crippen LogP contribution < -0.4 is 0 Å². The summed E-state index contributed by atoms with van der Waals surface area (Å²) in [6.45, 7) is 2.77. The van der Waals surface area contributed by atoms with Crippen molar-refractivity contribution in [2.45, 2.75) is 31.2 Å². The van der Waals surface area contributed by atoms with Gasteiger partial charge in [-0.25, -0.2) is 4.39 Å². The fourth-order valence-corrected chi connectivity index (χ4v) is 3.63. The number of rotatable bonds is 5. The van der Waals surface area contributed by atoms with Gasteiger partial charge in [-0.3, -0.25) is 4.90 Å². The second-order valence-corrected chi connectivity index (χ2v) is 6.40. The van der Waals surface area contributed by atoms with Crippen molar-refractivity contribution in [3.63, 3.8) is 0 Å². The van der Waals surface area contributed by atoms with Gasteiger partial charge in [-0.15, -0.1) is 0 Å². The molecule has 3 heteroatoms. The van der Waals surface area contributed by atoms with Crippen molar-refractivity contribution in [3.8, 4) is 6.07 Å². The SMILES string of the molecule is N#CCCC1(c2cccc(F)c2)CCN(Cc2ccccc2)C1. The summed E-state index contributed by atoms with van der Waals surface area (Å²) in [4.78, 5) is 2.41. The number of nitriles is 1. The van der Waals surface area contributed by atoms with Gasteiger partial charge >= 0.3 is 0 Å². The van der Waals surface area contributed by atoms with Crippen LogP contribution in [-0.2, 0) is 12.0 Å². The third kappa shape index (κ3) is 3.60. The Bertz CT molecular complexity index is 692. The maximum absolute atomic E-state index is 13.7. The minimum absolute atomic E-state index is 0.105. The molecular weight excluding hydrogens is 287 g/mol. The molecule has 2 aromatic rings. The van der Waals surface area contributed by atoms with Crippen LogP contribution in [-0.4, -0.2) is 18.0 Å². The van der Waals surface area contributed by atoms with Gasteiger partial charge < -0.3 is 0 Å². The monoisotopic (exact) mass is 308 g/mol. The van der Waals surface area contributed by atoms with Gasteiger partial charge in [0.15, 0.2) is 0 Å². The second-order valence-electron chi connectivity index (χ2n) is 6.40. The number of hydrogen-bond donors (Lipinski definition) is 0. The highest BCUT2D eigenvalue weighted by molar-refractivity contribution is 5.29. The van der Waals surface area contributed by atoms with Gasteiger partial charge in [0.1, 0.15) is 5.82 Å². The van der Waals surface area contributed by atoms with Crippen molar-refractivity contribution in [2.24, 2.45) is 0 Å². The van der Waals surface area contributed by atoms with Crippen LogP contribution in [0.5, 0.6) is 0 Å². The van der Waals surface area contributed by atoms with E-state index in [9.17, 15) is 4.39 Å². The number of hydrogen-bond acceptors (Lipinski definition) is 2. The lowest BCUT2D eigenvalue weighted by Crippen LogP contribution is -2.31. The molecule has 2 aromatic carbocycles. The van der Waals surface area contributed by atoms with Crippen molar-refractivity contribution in [1.82, 2.24) is 4.90 Å². The van der Waals surface area contributed by atoms with Crippen LogP contribution in [0.1, 0.15) is 30.4 Å². The Kier molecular flexibility index (Phi) is 4.73. The van der Waals surface area contributed by atoms with Crippen LogP contribution in [0, 0.1) is 17.1 Å². The molecule has 118 valence electrons. The molecule has 1 fully saturated rings. The number of nitrogens with zero attached hydrogens (tertiary/aromatic N) is 2. The summed E-state index contributed by atoms with van der Waals surface area (Å²) >= 11 is 0. The van der Waals surface area contributed by atoms with Crippen LogP contribution in [0.15, 0.2) is 54.6 Å². The Labute approximate surface area is 137 Å². The minimum atomic E-state index is -0.194. The average Bonchev–Trinajstić information content (AvgIpc) is 2.98. The molecular formula is C20H21FN2. The summed E-state index contributed by atoms with van der Waals surface area (Å²) in [7, 11) is 0. The molecule has 0 N–H and O–H groups in total. The first-order chi connectivity index (χ1) is 11.2. The molecule has 0 amide bonds. The molecule has 2 nitrogen and oxygen atoms in total. The first kappa shape index (κ1) is 15.7. The summed E-state index contributed by atoms with van der Waals surface area (Å²) in [5.74, 6) is -0.194. The van der Waals surface area contributed by atoms with Gasteiger partial charge in [0.2, 0.25) is 0 Å². The summed E-state index contributed by atoms with van der Waals surface area (Å²) in [6.07, 6.45) is 2.28. The van der Waals surface area contributed by atoms with E-state index in [4.69, 9.17) is 5.26 Å². The van der Waals surface area contributed by atoms with Crippen molar-refractivity contribution in [3.05, 3.63) is 71.5 Å². The highest BCUT2D eigenvalue weighted by Gasteiger charge is 2.39. The molecule has 0 bridgehead atoms. The summed E-state index contributed by atoms with van der Waals surface area (Å²) in [6, 6.07) is 19.6. The second kappa shape index (κ2) is 6.93.